The van der Waals surface area contributed by atoms with Crippen LogP contribution in [0.15, 0.2) is 21.6 Å². The molecular formula is C16H16F3NO3S. The molecule has 0 unspecified atom stereocenters. The second-order valence-corrected chi connectivity index (χ2v) is 8.00. The van der Waals surface area contributed by atoms with Crippen molar-refractivity contribution in [1.29, 1.82) is 0 Å². The minimum Gasteiger partial charge on any atom is -0.358 e. The SMILES string of the molecule is CS(=O)(=O)c1cc(F)c(-c2c(C3CCCC3)noc2CF)cc1F. The Morgan fingerprint density at radius 1 is 1.21 bits per heavy atom. The molecule has 1 aliphatic rings. The van der Waals surface area contributed by atoms with Crippen molar-refractivity contribution in [3.8, 4) is 11.1 Å². The van der Waals surface area contributed by atoms with E-state index in [9.17, 15) is 21.6 Å². The maximum Gasteiger partial charge on any atom is 0.178 e. The molecule has 3 rings (SSSR count). The number of aromatic nitrogens is 1. The van der Waals surface area contributed by atoms with Gasteiger partial charge in [-0.3, -0.25) is 0 Å². The number of nitrogens with zero attached hydrogens (tertiary/aromatic N) is 1. The summed E-state index contributed by atoms with van der Waals surface area (Å²) in [5.74, 6) is -2.21. The number of alkyl halides is 1. The summed E-state index contributed by atoms with van der Waals surface area (Å²) in [5, 5.41) is 3.86. The average molecular weight is 359 g/mol. The zero-order valence-electron chi connectivity index (χ0n) is 13.0. The lowest BCUT2D eigenvalue weighted by molar-refractivity contribution is 0.325. The fourth-order valence-electron chi connectivity index (χ4n) is 3.20. The first-order valence-corrected chi connectivity index (χ1v) is 9.46. The monoisotopic (exact) mass is 359 g/mol. The number of hydrogen-bond acceptors (Lipinski definition) is 4. The molecule has 1 aliphatic carbocycles. The van der Waals surface area contributed by atoms with Crippen LogP contribution < -0.4 is 0 Å². The summed E-state index contributed by atoms with van der Waals surface area (Å²) < 4.78 is 69.9. The molecule has 0 saturated heterocycles. The number of benzene rings is 1. The van der Waals surface area contributed by atoms with Crippen LogP contribution in [-0.2, 0) is 16.5 Å². The van der Waals surface area contributed by atoms with Crippen LogP contribution in [0.1, 0.15) is 43.1 Å². The highest BCUT2D eigenvalue weighted by atomic mass is 32.2. The molecule has 0 atom stereocenters. The van der Waals surface area contributed by atoms with Gasteiger partial charge in [0, 0.05) is 17.7 Å². The summed E-state index contributed by atoms with van der Waals surface area (Å²) in [6.07, 6.45) is 4.38. The van der Waals surface area contributed by atoms with Crippen molar-refractivity contribution in [1.82, 2.24) is 5.16 Å². The summed E-state index contributed by atoms with van der Waals surface area (Å²) in [7, 11) is -3.91. The number of sulfone groups is 1. The van der Waals surface area contributed by atoms with Gasteiger partial charge in [-0.25, -0.2) is 21.6 Å². The molecule has 0 aliphatic heterocycles. The van der Waals surface area contributed by atoms with Crippen LogP contribution in [0.25, 0.3) is 11.1 Å². The number of halogens is 3. The fourth-order valence-corrected chi connectivity index (χ4v) is 3.93. The van der Waals surface area contributed by atoms with Gasteiger partial charge in [-0.15, -0.1) is 0 Å². The highest BCUT2D eigenvalue weighted by Crippen LogP contribution is 2.41. The van der Waals surface area contributed by atoms with E-state index in [4.69, 9.17) is 4.52 Å². The Balaban J connectivity index is 2.19. The molecule has 2 aromatic rings. The van der Waals surface area contributed by atoms with Crippen LogP contribution in [0.5, 0.6) is 0 Å². The molecule has 1 fully saturated rings. The molecule has 1 saturated carbocycles. The smallest absolute Gasteiger partial charge is 0.178 e. The van der Waals surface area contributed by atoms with Crippen molar-refractivity contribution in [3.05, 3.63) is 35.2 Å². The van der Waals surface area contributed by atoms with Gasteiger partial charge in [0.1, 0.15) is 16.5 Å². The van der Waals surface area contributed by atoms with E-state index in [1.165, 1.54) is 0 Å². The van der Waals surface area contributed by atoms with Gasteiger partial charge in [0.05, 0.1) is 11.3 Å². The maximum atomic E-state index is 14.5. The predicted molar refractivity (Wildman–Crippen MR) is 81.0 cm³/mol. The molecule has 0 spiro atoms. The van der Waals surface area contributed by atoms with Crippen molar-refractivity contribution in [2.45, 2.75) is 43.2 Å². The molecule has 0 radical (unpaired) electrons. The molecule has 1 aromatic heterocycles. The first kappa shape index (κ1) is 17.0. The van der Waals surface area contributed by atoms with Crippen LogP contribution in [0, 0.1) is 11.6 Å². The minimum atomic E-state index is -3.91. The molecule has 8 heteroatoms. The second-order valence-electron chi connectivity index (χ2n) is 6.02. The topological polar surface area (TPSA) is 60.2 Å². The van der Waals surface area contributed by atoms with E-state index >= 15 is 0 Å². The zero-order chi connectivity index (χ0) is 17.5. The van der Waals surface area contributed by atoms with Crippen molar-refractivity contribution in [2.24, 2.45) is 0 Å². The average Bonchev–Trinajstić information content (AvgIpc) is 3.15. The number of hydrogen-bond donors (Lipinski definition) is 0. The third-order valence-corrected chi connectivity index (χ3v) is 5.45. The Hall–Kier alpha value is -1.83. The van der Waals surface area contributed by atoms with Gasteiger partial charge in [0.25, 0.3) is 0 Å². The van der Waals surface area contributed by atoms with Gasteiger partial charge in [-0.1, -0.05) is 18.0 Å². The fraction of sp³-hybridized carbons (Fsp3) is 0.438. The van der Waals surface area contributed by atoms with Gasteiger partial charge in [-0.2, -0.15) is 0 Å². The molecular weight excluding hydrogens is 343 g/mol. The van der Waals surface area contributed by atoms with E-state index in [0.29, 0.717) is 11.8 Å². The van der Waals surface area contributed by atoms with E-state index in [1.54, 1.807) is 0 Å². The van der Waals surface area contributed by atoms with Crippen LogP contribution in [0.3, 0.4) is 0 Å². The molecule has 0 bridgehead atoms. The predicted octanol–water partition coefficient (Wildman–Crippen LogP) is 4.15. The van der Waals surface area contributed by atoms with Gasteiger partial charge in [0.15, 0.2) is 22.3 Å². The summed E-state index contributed by atoms with van der Waals surface area (Å²) >= 11 is 0. The summed E-state index contributed by atoms with van der Waals surface area (Å²) in [4.78, 5) is -0.732. The highest BCUT2D eigenvalue weighted by Gasteiger charge is 2.30. The Kier molecular flexibility index (Phi) is 4.42. The van der Waals surface area contributed by atoms with E-state index in [1.807, 2.05) is 0 Å². The quantitative estimate of drug-likeness (QED) is 0.823. The van der Waals surface area contributed by atoms with Crippen molar-refractivity contribution < 1.29 is 26.1 Å². The molecule has 130 valence electrons. The minimum absolute atomic E-state index is 0.00101. The van der Waals surface area contributed by atoms with Crippen LogP contribution >= 0.6 is 0 Å². The summed E-state index contributed by atoms with van der Waals surface area (Å²) in [6, 6.07) is 1.39. The third-order valence-electron chi connectivity index (χ3n) is 4.34. The highest BCUT2D eigenvalue weighted by molar-refractivity contribution is 7.90. The first-order valence-electron chi connectivity index (χ1n) is 7.56. The van der Waals surface area contributed by atoms with E-state index in [2.05, 4.69) is 5.16 Å². The second kappa shape index (κ2) is 6.23. The van der Waals surface area contributed by atoms with Crippen molar-refractivity contribution in [2.75, 3.05) is 6.26 Å². The normalized spacial score (nSPS) is 16.0. The van der Waals surface area contributed by atoms with Crippen LogP contribution in [0.2, 0.25) is 0 Å². The van der Waals surface area contributed by atoms with Crippen LogP contribution in [0.4, 0.5) is 13.2 Å². The summed E-state index contributed by atoms with van der Waals surface area (Å²) in [5.41, 5.74) is 0.280. The summed E-state index contributed by atoms with van der Waals surface area (Å²) in [6.45, 7) is -1.01. The van der Waals surface area contributed by atoms with Gasteiger partial charge in [0.2, 0.25) is 0 Å². The largest absolute Gasteiger partial charge is 0.358 e. The van der Waals surface area contributed by atoms with Gasteiger partial charge >= 0.3 is 0 Å². The van der Waals surface area contributed by atoms with E-state index in [0.717, 1.165) is 38.0 Å². The molecule has 4 nitrogen and oxygen atoms in total. The Morgan fingerprint density at radius 3 is 2.46 bits per heavy atom. The lowest BCUT2D eigenvalue weighted by atomic mass is 9.94. The van der Waals surface area contributed by atoms with Crippen molar-refractivity contribution >= 4 is 9.84 Å². The van der Waals surface area contributed by atoms with Gasteiger partial charge in [-0.05, 0) is 25.0 Å². The van der Waals surface area contributed by atoms with Crippen LogP contribution in [-0.4, -0.2) is 19.8 Å². The van der Waals surface area contributed by atoms with Gasteiger partial charge < -0.3 is 4.52 Å². The Labute approximate surface area is 137 Å². The first-order chi connectivity index (χ1) is 11.3. The van der Waals surface area contributed by atoms with E-state index in [-0.39, 0.29) is 22.8 Å². The zero-order valence-corrected chi connectivity index (χ0v) is 13.8. The van der Waals surface area contributed by atoms with E-state index < -0.39 is 33.0 Å². The Morgan fingerprint density at radius 2 is 1.88 bits per heavy atom. The molecule has 0 N–H and O–H groups in total. The molecule has 1 heterocycles. The van der Waals surface area contributed by atoms with Crippen molar-refractivity contribution in [3.63, 3.8) is 0 Å². The lowest BCUT2D eigenvalue weighted by Crippen LogP contribution is -2.04. The number of rotatable bonds is 4. The maximum absolute atomic E-state index is 14.5. The Bertz CT molecular complexity index is 871. The lowest BCUT2D eigenvalue weighted by Gasteiger charge is -2.11. The molecule has 1 aromatic carbocycles. The third kappa shape index (κ3) is 2.94. The molecule has 24 heavy (non-hydrogen) atoms. The molecule has 0 amide bonds. The standard InChI is InChI=1S/C16H16F3NO3S/c1-24(21,22)14-7-11(18)10(6-12(14)19)15-13(8-17)23-20-16(15)9-4-2-3-5-9/h6-7,9H,2-5,8H2,1H3.